The van der Waals surface area contributed by atoms with Crippen LogP contribution < -0.4 is 5.73 Å². The summed E-state index contributed by atoms with van der Waals surface area (Å²) in [5.41, 5.74) is 6.50. The summed E-state index contributed by atoms with van der Waals surface area (Å²) in [6.45, 7) is 0.676. The Labute approximate surface area is 124 Å². The van der Waals surface area contributed by atoms with Crippen molar-refractivity contribution in [3.05, 3.63) is 35.4 Å². The van der Waals surface area contributed by atoms with E-state index in [0.29, 0.717) is 12.2 Å². The summed E-state index contributed by atoms with van der Waals surface area (Å²) in [6.07, 6.45) is 7.47. The molecule has 2 fully saturated rings. The molecular formula is C17H23F2NO. The lowest BCUT2D eigenvalue weighted by Gasteiger charge is -2.45. The third-order valence-electron chi connectivity index (χ3n) is 5.12. The largest absolute Gasteiger partial charge is 0.375 e. The molecule has 2 N–H and O–H groups in total. The first-order chi connectivity index (χ1) is 10.1. The summed E-state index contributed by atoms with van der Waals surface area (Å²) in [5, 5.41) is 0. The molecule has 2 atom stereocenters. The van der Waals surface area contributed by atoms with Gasteiger partial charge >= 0.3 is 0 Å². The van der Waals surface area contributed by atoms with E-state index in [2.05, 4.69) is 0 Å². The Morgan fingerprint density at radius 1 is 1.19 bits per heavy atom. The van der Waals surface area contributed by atoms with Crippen LogP contribution in [0.3, 0.4) is 0 Å². The Hall–Kier alpha value is -1.00. The van der Waals surface area contributed by atoms with Gasteiger partial charge in [0.25, 0.3) is 0 Å². The molecule has 1 aliphatic heterocycles. The van der Waals surface area contributed by atoms with Gasteiger partial charge in [0, 0.05) is 18.2 Å². The second kappa shape index (κ2) is 6.01. The Balaban J connectivity index is 1.77. The zero-order valence-electron chi connectivity index (χ0n) is 12.3. The van der Waals surface area contributed by atoms with Gasteiger partial charge in [0.1, 0.15) is 11.6 Å². The van der Waals surface area contributed by atoms with E-state index in [1.165, 1.54) is 31.4 Å². The topological polar surface area (TPSA) is 35.2 Å². The van der Waals surface area contributed by atoms with Gasteiger partial charge in [-0.2, -0.15) is 0 Å². The highest BCUT2D eigenvalue weighted by Gasteiger charge is 2.40. The molecule has 0 amide bonds. The van der Waals surface area contributed by atoms with Crippen molar-refractivity contribution in [3.63, 3.8) is 0 Å². The van der Waals surface area contributed by atoms with E-state index >= 15 is 0 Å². The fourth-order valence-corrected chi connectivity index (χ4v) is 3.94. The third kappa shape index (κ3) is 3.11. The van der Waals surface area contributed by atoms with E-state index in [0.717, 1.165) is 31.7 Å². The van der Waals surface area contributed by atoms with Gasteiger partial charge in [-0.05, 0) is 49.8 Å². The molecular weight excluding hydrogens is 272 g/mol. The van der Waals surface area contributed by atoms with Gasteiger partial charge in [-0.1, -0.05) is 19.3 Å². The smallest absolute Gasteiger partial charge is 0.128 e. The zero-order valence-corrected chi connectivity index (χ0v) is 12.3. The van der Waals surface area contributed by atoms with Crippen LogP contribution in [-0.4, -0.2) is 12.2 Å². The summed E-state index contributed by atoms with van der Waals surface area (Å²) in [5.74, 6) is -0.678. The first kappa shape index (κ1) is 14.9. The lowest BCUT2D eigenvalue weighted by atomic mass is 9.73. The summed E-state index contributed by atoms with van der Waals surface area (Å²) in [4.78, 5) is 0. The second-order valence-corrected chi connectivity index (χ2v) is 6.54. The molecule has 1 aromatic carbocycles. The van der Waals surface area contributed by atoms with E-state index in [1.54, 1.807) is 0 Å². The van der Waals surface area contributed by atoms with Crippen LogP contribution in [0.5, 0.6) is 0 Å². The Morgan fingerprint density at radius 3 is 2.71 bits per heavy atom. The molecule has 1 heterocycles. The average molecular weight is 295 g/mol. The summed E-state index contributed by atoms with van der Waals surface area (Å²) in [7, 11) is 0. The van der Waals surface area contributed by atoms with Gasteiger partial charge < -0.3 is 10.5 Å². The monoisotopic (exact) mass is 295 g/mol. The highest BCUT2D eigenvalue weighted by Crippen LogP contribution is 2.43. The van der Waals surface area contributed by atoms with Crippen LogP contribution in [-0.2, 0) is 4.74 Å². The van der Waals surface area contributed by atoms with Crippen LogP contribution in [0.25, 0.3) is 0 Å². The van der Waals surface area contributed by atoms with Crippen molar-refractivity contribution in [3.8, 4) is 0 Å². The third-order valence-corrected chi connectivity index (χ3v) is 5.12. The van der Waals surface area contributed by atoms with Gasteiger partial charge in [-0.15, -0.1) is 0 Å². The quantitative estimate of drug-likeness (QED) is 0.891. The van der Waals surface area contributed by atoms with Crippen LogP contribution in [0.1, 0.15) is 56.6 Å². The molecule has 1 aromatic rings. The number of hydrogen-bond donors (Lipinski definition) is 1. The number of benzene rings is 1. The first-order valence-electron chi connectivity index (χ1n) is 7.94. The van der Waals surface area contributed by atoms with Crippen LogP contribution in [0, 0.1) is 17.6 Å². The Bertz CT molecular complexity index is 494. The van der Waals surface area contributed by atoms with E-state index in [9.17, 15) is 8.78 Å². The van der Waals surface area contributed by atoms with Gasteiger partial charge in [0.05, 0.1) is 5.60 Å². The normalized spacial score (nSPS) is 26.7. The van der Waals surface area contributed by atoms with Crippen LogP contribution >= 0.6 is 0 Å². The minimum absolute atomic E-state index is 0.0669. The molecule has 1 saturated heterocycles. The molecule has 4 heteroatoms. The second-order valence-electron chi connectivity index (χ2n) is 6.54. The predicted octanol–water partition coefficient (Wildman–Crippen LogP) is 4.09. The number of nitrogens with two attached hydrogens (primary N) is 1. The van der Waals surface area contributed by atoms with Crippen LogP contribution in [0.15, 0.2) is 18.2 Å². The van der Waals surface area contributed by atoms with Crippen LogP contribution in [0.4, 0.5) is 8.78 Å². The molecule has 1 saturated carbocycles. The fourth-order valence-electron chi connectivity index (χ4n) is 3.94. The Morgan fingerprint density at radius 2 is 1.95 bits per heavy atom. The molecule has 21 heavy (non-hydrogen) atoms. The SMILES string of the molecule is NC(c1cc(F)ccc1F)C1CCOC2(CCCCC2)C1. The molecule has 0 bridgehead atoms. The van der Waals surface area contributed by atoms with Crippen molar-refractivity contribution in [2.45, 2.75) is 56.6 Å². The molecule has 2 unspecified atom stereocenters. The lowest BCUT2D eigenvalue weighted by Crippen LogP contribution is -2.44. The molecule has 0 aromatic heterocycles. The van der Waals surface area contributed by atoms with Crippen molar-refractivity contribution in [2.24, 2.45) is 11.7 Å². The highest BCUT2D eigenvalue weighted by molar-refractivity contribution is 5.23. The average Bonchev–Trinajstić information content (AvgIpc) is 2.50. The van der Waals surface area contributed by atoms with Gasteiger partial charge in [-0.25, -0.2) is 8.78 Å². The van der Waals surface area contributed by atoms with E-state index in [4.69, 9.17) is 10.5 Å². The minimum Gasteiger partial charge on any atom is -0.375 e. The number of ether oxygens (including phenoxy) is 1. The van der Waals surface area contributed by atoms with Crippen molar-refractivity contribution in [1.82, 2.24) is 0 Å². The van der Waals surface area contributed by atoms with Gasteiger partial charge in [0.15, 0.2) is 0 Å². The number of rotatable bonds is 2. The standard InChI is InChI=1S/C17H23F2NO/c18-13-4-5-15(19)14(10-13)16(20)12-6-9-21-17(11-12)7-2-1-3-8-17/h4-5,10,12,16H,1-3,6-9,11,20H2. The molecule has 116 valence electrons. The molecule has 2 aliphatic rings. The summed E-state index contributed by atoms with van der Waals surface area (Å²) < 4.78 is 33.4. The van der Waals surface area contributed by atoms with Crippen molar-refractivity contribution < 1.29 is 13.5 Å². The van der Waals surface area contributed by atoms with E-state index in [-0.39, 0.29) is 11.5 Å². The summed E-state index contributed by atoms with van der Waals surface area (Å²) >= 11 is 0. The van der Waals surface area contributed by atoms with Gasteiger partial charge in [-0.3, -0.25) is 0 Å². The summed E-state index contributed by atoms with van der Waals surface area (Å²) in [6, 6.07) is 3.09. The lowest BCUT2D eigenvalue weighted by molar-refractivity contribution is -0.120. The maximum atomic E-state index is 13.9. The minimum atomic E-state index is -0.455. The van der Waals surface area contributed by atoms with Crippen molar-refractivity contribution >= 4 is 0 Å². The fraction of sp³-hybridized carbons (Fsp3) is 0.647. The molecule has 3 rings (SSSR count). The van der Waals surface area contributed by atoms with Crippen LogP contribution in [0.2, 0.25) is 0 Å². The van der Waals surface area contributed by atoms with Gasteiger partial charge in [0.2, 0.25) is 0 Å². The zero-order chi connectivity index (χ0) is 14.9. The predicted molar refractivity (Wildman–Crippen MR) is 77.8 cm³/mol. The Kier molecular flexibility index (Phi) is 4.27. The van der Waals surface area contributed by atoms with E-state index < -0.39 is 17.7 Å². The molecule has 1 aliphatic carbocycles. The molecule has 0 radical (unpaired) electrons. The maximum absolute atomic E-state index is 13.9. The van der Waals surface area contributed by atoms with E-state index in [1.807, 2.05) is 0 Å². The van der Waals surface area contributed by atoms with Crippen molar-refractivity contribution in [1.29, 1.82) is 0 Å². The maximum Gasteiger partial charge on any atom is 0.128 e. The highest BCUT2D eigenvalue weighted by atomic mass is 19.1. The molecule has 1 spiro atoms. The molecule has 2 nitrogen and oxygen atoms in total. The van der Waals surface area contributed by atoms with Crippen molar-refractivity contribution in [2.75, 3.05) is 6.61 Å². The number of halogens is 2. The number of hydrogen-bond acceptors (Lipinski definition) is 2. The first-order valence-corrected chi connectivity index (χ1v) is 7.94.